The number of rotatable bonds is 8. The van der Waals surface area contributed by atoms with Crippen LogP contribution in [0.15, 0.2) is 132 Å². The number of ketones is 1. The van der Waals surface area contributed by atoms with Gasteiger partial charge in [-0.1, -0.05) is 36.4 Å². The van der Waals surface area contributed by atoms with Crippen molar-refractivity contribution in [2.75, 3.05) is 0 Å². The first-order chi connectivity index (χ1) is 30.2. The van der Waals surface area contributed by atoms with Gasteiger partial charge in [0, 0.05) is 110 Å². The summed E-state index contributed by atoms with van der Waals surface area (Å²) in [6, 6.07) is 20.5. The molecule has 0 N–H and O–H groups in total. The summed E-state index contributed by atoms with van der Waals surface area (Å²) in [6.45, 7) is 0. The number of carbonyl (C=O) groups is 1. The smallest absolute Gasteiger partial charge is 0.269 e. The summed E-state index contributed by atoms with van der Waals surface area (Å²) in [6.07, 6.45) is 16.9. The summed E-state index contributed by atoms with van der Waals surface area (Å²) in [4.78, 5) is 21.1. The Morgan fingerprint density at radius 1 is 0.587 bits per heavy atom. The molecule has 2 aromatic carbocycles. The molecule has 2 aliphatic carbocycles. The van der Waals surface area contributed by atoms with Crippen LogP contribution in [-0.2, 0) is 38.9 Å². The lowest BCUT2D eigenvalue weighted by atomic mass is 9.82. The van der Waals surface area contributed by atoms with Gasteiger partial charge in [-0.25, -0.2) is 43.5 Å². The average molecular weight is 891 g/mol. The maximum atomic E-state index is 13.6. The van der Waals surface area contributed by atoms with Crippen molar-refractivity contribution in [1.82, 2.24) is 37.5 Å². The van der Waals surface area contributed by atoms with Crippen molar-refractivity contribution in [3.05, 3.63) is 133 Å². The normalized spacial score (nSPS) is 16.3. The van der Waals surface area contributed by atoms with Crippen LogP contribution in [0.3, 0.4) is 0 Å². The molecule has 6 aromatic heterocycles. The van der Waals surface area contributed by atoms with Gasteiger partial charge in [0.2, 0.25) is 5.92 Å². The number of carbonyl (C=O) groups excluding carboxylic acids is 1. The lowest BCUT2D eigenvalue weighted by Gasteiger charge is -2.28. The molecule has 6 heterocycles. The summed E-state index contributed by atoms with van der Waals surface area (Å²) >= 11 is 0. The molecule has 0 aliphatic heterocycles. The number of Topliss-reactive ketones (excluding diaryl/α,β-unsaturated/α-hetero) is 1. The Morgan fingerprint density at radius 3 is 1.40 bits per heavy atom. The van der Waals surface area contributed by atoms with Crippen LogP contribution in [0.4, 0.5) is 8.78 Å². The van der Waals surface area contributed by atoms with E-state index in [0.717, 1.165) is 46.0 Å². The second-order valence-corrected chi connectivity index (χ2v) is 20.0. The van der Waals surface area contributed by atoms with E-state index < -0.39 is 26.0 Å². The first kappa shape index (κ1) is 42.0. The Hall–Kier alpha value is -6.33. The van der Waals surface area contributed by atoms with Crippen molar-refractivity contribution in [2.24, 2.45) is 14.1 Å². The fourth-order valence-electron chi connectivity index (χ4n) is 8.64. The zero-order chi connectivity index (χ0) is 44.1. The number of aromatic nitrogens is 8. The number of aryl methyl sites for hydroxylation is 2. The molecule has 10 rings (SSSR count). The van der Waals surface area contributed by atoms with Crippen molar-refractivity contribution < 1.29 is 30.4 Å². The van der Waals surface area contributed by atoms with E-state index in [9.17, 15) is 30.4 Å². The lowest BCUT2D eigenvalue weighted by molar-refractivity contribution is -0.120. The van der Waals surface area contributed by atoms with Crippen molar-refractivity contribution in [2.45, 2.75) is 78.9 Å². The van der Waals surface area contributed by atoms with Gasteiger partial charge in [0.15, 0.2) is 11.3 Å². The Morgan fingerprint density at radius 2 is 1.00 bits per heavy atom. The monoisotopic (exact) mass is 890 g/mol. The highest BCUT2D eigenvalue weighted by atomic mass is 32.2. The molecular weight excluding hydrogens is 847 g/mol. The first-order valence-electron chi connectivity index (χ1n) is 20.7. The molecule has 2 fully saturated rings. The van der Waals surface area contributed by atoms with Crippen LogP contribution < -0.4 is 0 Å². The number of alkyl halides is 2. The van der Waals surface area contributed by atoms with E-state index in [1.165, 1.54) is 7.94 Å². The third-order valence-electron chi connectivity index (χ3n) is 12.1. The fourth-order valence-corrected chi connectivity index (χ4v) is 11.3. The summed E-state index contributed by atoms with van der Waals surface area (Å²) in [7, 11) is -4.07. The van der Waals surface area contributed by atoms with Crippen LogP contribution >= 0.6 is 0 Å². The third kappa shape index (κ3) is 8.22. The molecule has 0 atom stereocenters. The average Bonchev–Trinajstić information content (AvgIpc) is 4.10. The molecule has 8 aromatic rings. The number of pyridine rings is 2. The molecule has 0 bridgehead atoms. The minimum Gasteiger partial charge on any atom is -0.300 e. The standard InChI is InChI=1S/C23H22F2N4O2S.C23H22N4O3S/c1-28-14-18(13-27-28)21-15-29(32(30,31)19-5-3-2-4-6-19)22-20(21)11-17(12-26-22)16-7-9-23(24,25)10-8-16;1-26-14-18(13-25-26)22-15-27(31(29,30)20-5-3-2-4-6-20)23-21(22)11-17(12-24-23)16-7-9-19(28)10-8-16/h2-6,11-16H,7-10H2,1H3;2-6,11-16H,7-10H2,1H3. The quantitative estimate of drug-likeness (QED) is 0.145. The largest absolute Gasteiger partial charge is 0.300 e. The van der Waals surface area contributed by atoms with Gasteiger partial charge < -0.3 is 0 Å². The van der Waals surface area contributed by atoms with Crippen LogP contribution in [0.1, 0.15) is 74.3 Å². The topological polar surface area (TPSA) is 157 Å². The number of halogens is 2. The highest BCUT2D eigenvalue weighted by molar-refractivity contribution is 7.90. The maximum Gasteiger partial charge on any atom is 0.269 e. The van der Waals surface area contributed by atoms with E-state index in [0.29, 0.717) is 53.7 Å². The number of hydrogen-bond acceptors (Lipinski definition) is 9. The highest BCUT2D eigenvalue weighted by Crippen LogP contribution is 2.43. The van der Waals surface area contributed by atoms with Crippen LogP contribution in [0, 0.1) is 0 Å². The number of nitrogens with zero attached hydrogens (tertiary/aromatic N) is 8. The van der Waals surface area contributed by atoms with Gasteiger partial charge in [-0.15, -0.1) is 0 Å². The van der Waals surface area contributed by atoms with E-state index >= 15 is 0 Å². The van der Waals surface area contributed by atoms with Crippen molar-refractivity contribution >= 4 is 47.9 Å². The van der Waals surface area contributed by atoms with E-state index in [4.69, 9.17) is 0 Å². The Balaban J connectivity index is 0.000000160. The number of benzene rings is 2. The van der Waals surface area contributed by atoms with Gasteiger partial charge in [-0.2, -0.15) is 10.2 Å². The van der Waals surface area contributed by atoms with Gasteiger partial charge in [-0.05, 0) is 85.0 Å². The second kappa shape index (κ2) is 16.4. The summed E-state index contributed by atoms with van der Waals surface area (Å²) < 4.78 is 86.6. The second-order valence-electron chi connectivity index (χ2n) is 16.3. The van der Waals surface area contributed by atoms with Gasteiger partial charge in [0.05, 0.1) is 22.2 Å². The predicted octanol–water partition coefficient (Wildman–Crippen LogP) is 8.87. The Labute approximate surface area is 363 Å². The first-order valence-corrected chi connectivity index (χ1v) is 23.6. The van der Waals surface area contributed by atoms with Gasteiger partial charge in [0.25, 0.3) is 20.0 Å². The van der Waals surface area contributed by atoms with Crippen LogP contribution in [-0.4, -0.2) is 66.0 Å². The Kier molecular flexibility index (Phi) is 10.9. The fraction of sp³-hybridized carbons (Fsp3) is 0.283. The molecule has 2 aliphatic rings. The van der Waals surface area contributed by atoms with Crippen LogP contribution in [0.5, 0.6) is 0 Å². The van der Waals surface area contributed by atoms with Crippen molar-refractivity contribution in [1.29, 1.82) is 0 Å². The summed E-state index contributed by atoms with van der Waals surface area (Å²) in [5.74, 6) is -2.07. The van der Waals surface area contributed by atoms with Crippen molar-refractivity contribution in [3.63, 3.8) is 0 Å². The third-order valence-corrected chi connectivity index (χ3v) is 15.4. The zero-order valence-corrected chi connectivity index (χ0v) is 36.2. The van der Waals surface area contributed by atoms with Gasteiger partial charge >= 0.3 is 0 Å². The molecule has 63 heavy (non-hydrogen) atoms. The zero-order valence-electron chi connectivity index (χ0n) is 34.5. The molecule has 13 nitrogen and oxygen atoms in total. The molecule has 0 radical (unpaired) electrons. The molecule has 0 amide bonds. The van der Waals surface area contributed by atoms with Crippen LogP contribution in [0.2, 0.25) is 0 Å². The summed E-state index contributed by atoms with van der Waals surface area (Å²) in [5, 5.41) is 9.89. The van der Waals surface area contributed by atoms with E-state index in [2.05, 4.69) is 20.2 Å². The number of fused-ring (bicyclic) bond motifs is 2. The van der Waals surface area contributed by atoms with E-state index in [-0.39, 0.29) is 34.5 Å². The SMILES string of the molecule is Cn1cc(-c2cn(S(=O)(=O)c3ccccc3)c3ncc(C4CCC(=O)CC4)cc23)cn1.Cn1cc(-c2cn(S(=O)(=O)c3ccccc3)c3ncc(C4CCC(F)(F)CC4)cc23)cn1. The van der Waals surface area contributed by atoms with Gasteiger partial charge in [0.1, 0.15) is 5.78 Å². The lowest BCUT2D eigenvalue weighted by Crippen LogP contribution is -2.23. The minimum absolute atomic E-state index is 0.0256. The molecule has 17 heteroatoms. The number of hydrogen-bond donors (Lipinski definition) is 0. The van der Waals surface area contributed by atoms with Gasteiger partial charge in [-0.3, -0.25) is 14.2 Å². The molecule has 0 unspecified atom stereocenters. The highest BCUT2D eigenvalue weighted by Gasteiger charge is 2.36. The maximum absolute atomic E-state index is 13.6. The minimum atomic E-state index is -3.87. The molecule has 0 saturated heterocycles. The predicted molar refractivity (Wildman–Crippen MR) is 234 cm³/mol. The van der Waals surface area contributed by atoms with E-state index in [1.54, 1.807) is 114 Å². The molecule has 2 saturated carbocycles. The van der Waals surface area contributed by atoms with Crippen LogP contribution in [0.25, 0.3) is 44.3 Å². The summed E-state index contributed by atoms with van der Waals surface area (Å²) in [5.41, 5.74) is 5.62. The van der Waals surface area contributed by atoms with Crippen molar-refractivity contribution in [3.8, 4) is 22.3 Å². The molecule has 0 spiro atoms. The van der Waals surface area contributed by atoms with E-state index in [1.807, 2.05) is 31.6 Å². The molecule has 324 valence electrons. The molecular formula is C46H44F2N8O5S2. The Bertz CT molecular complexity index is 3190.